The number of piperidine rings is 1. The van der Waals surface area contributed by atoms with Gasteiger partial charge in [0.1, 0.15) is 0 Å². The van der Waals surface area contributed by atoms with E-state index in [1.54, 1.807) is 0 Å². The van der Waals surface area contributed by atoms with E-state index in [1.165, 1.54) is 0 Å². The van der Waals surface area contributed by atoms with Crippen molar-refractivity contribution in [1.29, 1.82) is 0 Å². The maximum atomic E-state index is 12.4. The lowest BCUT2D eigenvalue weighted by molar-refractivity contribution is -0.140. The molecule has 2 heterocycles. The number of nitrogens with zero attached hydrogens (tertiary/aromatic N) is 2. The van der Waals surface area contributed by atoms with Gasteiger partial charge in [-0.05, 0) is 12.8 Å². The van der Waals surface area contributed by atoms with Gasteiger partial charge in [-0.25, -0.2) is 0 Å². The minimum atomic E-state index is -0.443. The minimum Gasteiger partial charge on any atom is -0.355 e. The first-order valence-corrected chi connectivity index (χ1v) is 8.85. The van der Waals surface area contributed by atoms with E-state index in [1.807, 2.05) is 30.6 Å². The van der Waals surface area contributed by atoms with Crippen molar-refractivity contribution < 1.29 is 14.4 Å². The van der Waals surface area contributed by atoms with E-state index in [0.29, 0.717) is 32.6 Å². The summed E-state index contributed by atoms with van der Waals surface area (Å²) in [6, 6.07) is 0.126. The number of piperazine rings is 1. The summed E-state index contributed by atoms with van der Waals surface area (Å²) in [5, 5.41) is 5.89. The van der Waals surface area contributed by atoms with E-state index in [4.69, 9.17) is 0 Å². The number of amides is 3. The van der Waals surface area contributed by atoms with Gasteiger partial charge in [-0.15, -0.1) is 0 Å². The van der Waals surface area contributed by atoms with Crippen molar-refractivity contribution >= 4 is 17.7 Å². The topological polar surface area (TPSA) is 81.8 Å². The largest absolute Gasteiger partial charge is 0.355 e. The normalized spacial score (nSPS) is 22.5. The number of rotatable bonds is 4. The highest BCUT2D eigenvalue weighted by Crippen LogP contribution is 2.18. The second-order valence-electron chi connectivity index (χ2n) is 7.66. The summed E-state index contributed by atoms with van der Waals surface area (Å²) in [5.41, 5.74) is -0.443. The molecule has 7 heteroatoms. The SMILES string of the molecule is CC(C)(C)C(=O)NCCC(=O)N1CCCC(N2CCNCC2=O)C1. The maximum Gasteiger partial charge on any atom is 0.236 e. The number of carbonyl (C=O) groups is 3. The molecular weight excluding hydrogens is 308 g/mol. The molecule has 1 unspecified atom stereocenters. The van der Waals surface area contributed by atoms with Gasteiger partial charge in [0.2, 0.25) is 17.7 Å². The van der Waals surface area contributed by atoms with E-state index in [-0.39, 0.29) is 23.8 Å². The van der Waals surface area contributed by atoms with Crippen LogP contribution in [-0.2, 0) is 14.4 Å². The molecule has 0 spiro atoms. The maximum absolute atomic E-state index is 12.4. The van der Waals surface area contributed by atoms with Gasteiger partial charge >= 0.3 is 0 Å². The summed E-state index contributed by atoms with van der Waals surface area (Å²) in [4.78, 5) is 40.0. The third kappa shape index (κ3) is 4.93. The van der Waals surface area contributed by atoms with Crippen molar-refractivity contribution in [2.75, 3.05) is 39.3 Å². The summed E-state index contributed by atoms with van der Waals surface area (Å²) < 4.78 is 0. The van der Waals surface area contributed by atoms with Gasteiger partial charge < -0.3 is 20.4 Å². The van der Waals surface area contributed by atoms with Crippen molar-refractivity contribution in [2.45, 2.75) is 46.1 Å². The van der Waals surface area contributed by atoms with E-state index in [2.05, 4.69) is 10.6 Å². The zero-order valence-corrected chi connectivity index (χ0v) is 15.1. The van der Waals surface area contributed by atoms with Crippen molar-refractivity contribution in [3.63, 3.8) is 0 Å². The second kappa shape index (κ2) is 7.96. The Bertz CT molecular complexity index is 487. The zero-order chi connectivity index (χ0) is 17.7. The summed E-state index contributed by atoms with van der Waals surface area (Å²) in [6.07, 6.45) is 2.18. The van der Waals surface area contributed by atoms with Gasteiger partial charge in [-0.1, -0.05) is 20.8 Å². The van der Waals surface area contributed by atoms with Crippen LogP contribution in [0.25, 0.3) is 0 Å². The van der Waals surface area contributed by atoms with Crippen LogP contribution in [0.2, 0.25) is 0 Å². The highest BCUT2D eigenvalue weighted by molar-refractivity contribution is 5.82. The van der Waals surface area contributed by atoms with Crippen LogP contribution in [0, 0.1) is 5.41 Å². The number of nitrogens with one attached hydrogen (secondary N) is 2. The highest BCUT2D eigenvalue weighted by atomic mass is 16.2. The van der Waals surface area contributed by atoms with Crippen LogP contribution >= 0.6 is 0 Å². The third-order valence-corrected chi connectivity index (χ3v) is 4.62. The zero-order valence-electron chi connectivity index (χ0n) is 15.1. The Labute approximate surface area is 144 Å². The fourth-order valence-corrected chi connectivity index (χ4v) is 3.15. The summed E-state index contributed by atoms with van der Waals surface area (Å²) in [7, 11) is 0. The van der Waals surface area contributed by atoms with Crippen molar-refractivity contribution in [1.82, 2.24) is 20.4 Å². The van der Waals surface area contributed by atoms with Crippen molar-refractivity contribution in [3.8, 4) is 0 Å². The molecule has 0 saturated carbocycles. The minimum absolute atomic E-state index is 0.0433. The summed E-state index contributed by atoms with van der Waals surface area (Å²) in [6.45, 7) is 9.19. The molecule has 0 aliphatic carbocycles. The first kappa shape index (κ1) is 18.7. The standard InChI is InChI=1S/C17H30N4O3/c1-17(2,3)16(24)19-7-6-14(22)20-9-4-5-13(12-20)21-10-8-18-11-15(21)23/h13,18H,4-12H2,1-3H3,(H,19,24). The molecule has 2 rings (SSSR count). The molecule has 24 heavy (non-hydrogen) atoms. The third-order valence-electron chi connectivity index (χ3n) is 4.62. The lowest BCUT2D eigenvalue weighted by atomic mass is 9.96. The van der Waals surface area contributed by atoms with Gasteiger partial charge in [-0.3, -0.25) is 14.4 Å². The first-order chi connectivity index (χ1) is 11.3. The Morgan fingerprint density at radius 3 is 2.71 bits per heavy atom. The molecule has 7 nitrogen and oxygen atoms in total. The second-order valence-corrected chi connectivity index (χ2v) is 7.66. The molecule has 0 aromatic heterocycles. The molecule has 1 atom stereocenters. The predicted octanol–water partition coefficient (Wildman–Crippen LogP) is -0.0384. The Balaban J connectivity index is 1.80. The quantitative estimate of drug-likeness (QED) is 0.754. The van der Waals surface area contributed by atoms with E-state index in [0.717, 1.165) is 25.9 Å². The van der Waals surface area contributed by atoms with Crippen LogP contribution in [0.1, 0.15) is 40.0 Å². The van der Waals surface area contributed by atoms with Gasteiger partial charge in [0.25, 0.3) is 0 Å². The smallest absolute Gasteiger partial charge is 0.236 e. The lowest BCUT2D eigenvalue weighted by Crippen LogP contribution is -2.57. The Hall–Kier alpha value is -1.63. The molecule has 136 valence electrons. The molecule has 2 aliphatic heterocycles. The van der Waals surface area contributed by atoms with E-state index < -0.39 is 5.41 Å². The van der Waals surface area contributed by atoms with Gasteiger partial charge in [0.15, 0.2) is 0 Å². The molecule has 0 aromatic carbocycles. The Kier molecular flexibility index (Phi) is 6.21. The molecule has 2 saturated heterocycles. The molecule has 2 N–H and O–H groups in total. The highest BCUT2D eigenvalue weighted by Gasteiger charge is 2.31. The Morgan fingerprint density at radius 1 is 1.29 bits per heavy atom. The van der Waals surface area contributed by atoms with Crippen LogP contribution in [0.4, 0.5) is 0 Å². The first-order valence-electron chi connectivity index (χ1n) is 8.85. The molecule has 0 bridgehead atoms. The van der Waals surface area contributed by atoms with Crippen LogP contribution in [0.5, 0.6) is 0 Å². The van der Waals surface area contributed by atoms with Crippen LogP contribution in [0.3, 0.4) is 0 Å². The number of carbonyl (C=O) groups excluding carboxylic acids is 3. The van der Waals surface area contributed by atoms with Crippen LogP contribution in [-0.4, -0.2) is 72.8 Å². The van der Waals surface area contributed by atoms with Crippen molar-refractivity contribution in [2.24, 2.45) is 5.41 Å². The van der Waals surface area contributed by atoms with Crippen LogP contribution in [0.15, 0.2) is 0 Å². The summed E-state index contributed by atoms with van der Waals surface area (Å²) >= 11 is 0. The molecule has 3 amide bonds. The Morgan fingerprint density at radius 2 is 2.04 bits per heavy atom. The van der Waals surface area contributed by atoms with Gasteiger partial charge in [-0.2, -0.15) is 0 Å². The monoisotopic (exact) mass is 338 g/mol. The van der Waals surface area contributed by atoms with Crippen molar-refractivity contribution in [3.05, 3.63) is 0 Å². The lowest BCUT2D eigenvalue weighted by Gasteiger charge is -2.41. The average Bonchev–Trinajstić information content (AvgIpc) is 2.54. The van der Waals surface area contributed by atoms with Crippen LogP contribution < -0.4 is 10.6 Å². The number of hydrogen-bond acceptors (Lipinski definition) is 4. The fourth-order valence-electron chi connectivity index (χ4n) is 3.15. The predicted molar refractivity (Wildman–Crippen MR) is 91.3 cm³/mol. The average molecular weight is 338 g/mol. The van der Waals surface area contributed by atoms with E-state index >= 15 is 0 Å². The van der Waals surface area contributed by atoms with Gasteiger partial charge in [0, 0.05) is 50.6 Å². The molecule has 0 radical (unpaired) electrons. The molecule has 2 aliphatic rings. The van der Waals surface area contributed by atoms with E-state index in [9.17, 15) is 14.4 Å². The number of hydrogen-bond donors (Lipinski definition) is 2. The number of likely N-dealkylation sites (tertiary alicyclic amines) is 1. The summed E-state index contributed by atoms with van der Waals surface area (Å²) in [5.74, 6) is 0.132. The molecule has 2 fully saturated rings. The molecule has 0 aromatic rings. The van der Waals surface area contributed by atoms with Gasteiger partial charge in [0.05, 0.1) is 6.54 Å². The fraction of sp³-hybridized carbons (Fsp3) is 0.824. The molecular formula is C17H30N4O3.